The maximum atomic E-state index is 4.43. The van der Waals surface area contributed by atoms with Crippen molar-refractivity contribution in [3.63, 3.8) is 0 Å². The number of nitrogens with zero attached hydrogens (tertiary/aromatic N) is 2. The number of hydrogen-bond donors (Lipinski definition) is 1. The molecule has 1 aromatic carbocycles. The van der Waals surface area contributed by atoms with Gasteiger partial charge in [0.1, 0.15) is 5.82 Å². The molecule has 2 rings (SSSR count). The summed E-state index contributed by atoms with van der Waals surface area (Å²) in [5, 5.41) is 3.36. The van der Waals surface area contributed by atoms with Crippen molar-refractivity contribution in [2.24, 2.45) is 0 Å². The molecule has 1 heterocycles. The van der Waals surface area contributed by atoms with Gasteiger partial charge >= 0.3 is 0 Å². The van der Waals surface area contributed by atoms with Crippen LogP contribution in [0.2, 0.25) is 0 Å². The van der Waals surface area contributed by atoms with E-state index in [4.69, 9.17) is 0 Å². The lowest BCUT2D eigenvalue weighted by molar-refractivity contribution is 0.553. The smallest absolute Gasteiger partial charge is 0.110 e. The van der Waals surface area contributed by atoms with Crippen molar-refractivity contribution in [2.75, 3.05) is 7.05 Å². The van der Waals surface area contributed by atoms with Crippen molar-refractivity contribution in [2.45, 2.75) is 25.9 Å². The number of nitrogens with one attached hydrogen (secondary N) is 1. The van der Waals surface area contributed by atoms with Gasteiger partial charge in [0.05, 0.1) is 0 Å². The number of likely N-dealkylation sites (N-methyl/N-ethyl adjacent to an activating group) is 1. The van der Waals surface area contributed by atoms with Crippen LogP contribution in [-0.2, 0) is 13.0 Å². The number of imidazole rings is 1. The molecule has 96 valence electrons. The van der Waals surface area contributed by atoms with Gasteiger partial charge in [0, 0.05) is 35.9 Å². The molecule has 0 radical (unpaired) electrons. The van der Waals surface area contributed by atoms with E-state index in [0.717, 1.165) is 23.3 Å². The number of halogens is 1. The molecule has 3 nitrogen and oxygen atoms in total. The molecule has 0 aliphatic heterocycles. The first-order valence-electron chi connectivity index (χ1n) is 6.17. The summed E-state index contributed by atoms with van der Waals surface area (Å²) < 4.78 is 3.29. The summed E-state index contributed by atoms with van der Waals surface area (Å²) >= 11 is 3.46. The van der Waals surface area contributed by atoms with Crippen LogP contribution in [0.25, 0.3) is 0 Å². The lowest BCUT2D eigenvalue weighted by Crippen LogP contribution is -2.20. The van der Waals surface area contributed by atoms with Gasteiger partial charge in [-0.05, 0) is 31.7 Å². The topological polar surface area (TPSA) is 29.9 Å². The SMILES string of the molecule is CCn1ccnc1CC(NC)c1ccc(Br)cc1. The molecule has 0 aliphatic rings. The molecule has 2 aromatic rings. The maximum Gasteiger partial charge on any atom is 0.110 e. The van der Waals surface area contributed by atoms with Crippen LogP contribution in [0.3, 0.4) is 0 Å². The van der Waals surface area contributed by atoms with Crippen molar-refractivity contribution < 1.29 is 0 Å². The lowest BCUT2D eigenvalue weighted by Gasteiger charge is -2.17. The summed E-state index contributed by atoms with van der Waals surface area (Å²) in [4.78, 5) is 4.43. The summed E-state index contributed by atoms with van der Waals surface area (Å²) in [5.74, 6) is 1.12. The highest BCUT2D eigenvalue weighted by molar-refractivity contribution is 9.10. The van der Waals surface area contributed by atoms with Gasteiger partial charge < -0.3 is 9.88 Å². The highest BCUT2D eigenvalue weighted by Gasteiger charge is 2.13. The Morgan fingerprint density at radius 1 is 1.33 bits per heavy atom. The zero-order chi connectivity index (χ0) is 13.0. The minimum Gasteiger partial charge on any atom is -0.335 e. The van der Waals surface area contributed by atoms with Gasteiger partial charge in [-0.15, -0.1) is 0 Å². The van der Waals surface area contributed by atoms with E-state index in [1.165, 1.54) is 5.56 Å². The molecule has 0 bridgehead atoms. The van der Waals surface area contributed by atoms with E-state index in [2.05, 4.69) is 62.0 Å². The average molecular weight is 308 g/mol. The minimum atomic E-state index is 0.297. The second-order valence-corrected chi connectivity index (χ2v) is 5.14. The van der Waals surface area contributed by atoms with Crippen LogP contribution in [-0.4, -0.2) is 16.6 Å². The molecule has 0 saturated heterocycles. The zero-order valence-corrected chi connectivity index (χ0v) is 12.3. The molecule has 0 saturated carbocycles. The van der Waals surface area contributed by atoms with Crippen LogP contribution in [0, 0.1) is 0 Å². The Labute approximate surface area is 116 Å². The predicted octanol–water partition coefficient (Wildman–Crippen LogP) is 3.17. The molecule has 0 aliphatic carbocycles. The number of benzene rings is 1. The van der Waals surface area contributed by atoms with E-state index < -0.39 is 0 Å². The monoisotopic (exact) mass is 307 g/mol. The second-order valence-electron chi connectivity index (χ2n) is 4.23. The van der Waals surface area contributed by atoms with E-state index >= 15 is 0 Å². The van der Waals surface area contributed by atoms with Crippen LogP contribution in [0.5, 0.6) is 0 Å². The fourth-order valence-corrected chi connectivity index (χ4v) is 2.35. The van der Waals surface area contributed by atoms with E-state index in [0.29, 0.717) is 6.04 Å². The first-order chi connectivity index (χ1) is 8.74. The largest absolute Gasteiger partial charge is 0.335 e. The van der Waals surface area contributed by atoms with Gasteiger partial charge in [0.15, 0.2) is 0 Å². The third-order valence-electron chi connectivity index (χ3n) is 3.15. The Morgan fingerprint density at radius 3 is 2.67 bits per heavy atom. The molecule has 1 unspecified atom stereocenters. The van der Waals surface area contributed by atoms with Crippen molar-refractivity contribution in [3.8, 4) is 0 Å². The first kappa shape index (κ1) is 13.3. The first-order valence-corrected chi connectivity index (χ1v) is 6.96. The minimum absolute atomic E-state index is 0.297. The number of hydrogen-bond acceptors (Lipinski definition) is 2. The van der Waals surface area contributed by atoms with Crippen LogP contribution < -0.4 is 5.32 Å². The van der Waals surface area contributed by atoms with Crippen molar-refractivity contribution in [1.82, 2.24) is 14.9 Å². The fourth-order valence-electron chi connectivity index (χ4n) is 2.08. The maximum absolute atomic E-state index is 4.43. The summed E-state index contributed by atoms with van der Waals surface area (Å²) in [6.45, 7) is 3.10. The molecule has 4 heteroatoms. The van der Waals surface area contributed by atoms with Crippen LogP contribution in [0.15, 0.2) is 41.1 Å². The summed E-state index contributed by atoms with van der Waals surface area (Å²) in [7, 11) is 1.99. The van der Waals surface area contributed by atoms with Crippen LogP contribution in [0.4, 0.5) is 0 Å². The van der Waals surface area contributed by atoms with Gasteiger partial charge in [-0.2, -0.15) is 0 Å². The van der Waals surface area contributed by atoms with Gasteiger partial charge in [0.25, 0.3) is 0 Å². The van der Waals surface area contributed by atoms with E-state index in [1.54, 1.807) is 0 Å². The molecule has 1 atom stereocenters. The van der Waals surface area contributed by atoms with Crippen molar-refractivity contribution in [3.05, 3.63) is 52.5 Å². The molecule has 0 amide bonds. The highest BCUT2D eigenvalue weighted by atomic mass is 79.9. The molecular weight excluding hydrogens is 290 g/mol. The van der Waals surface area contributed by atoms with Crippen LogP contribution in [0.1, 0.15) is 24.4 Å². The van der Waals surface area contributed by atoms with Crippen molar-refractivity contribution in [1.29, 1.82) is 0 Å². The second kappa shape index (κ2) is 6.16. The number of aromatic nitrogens is 2. The Balaban J connectivity index is 2.17. The fraction of sp³-hybridized carbons (Fsp3) is 0.357. The molecule has 0 spiro atoms. The highest BCUT2D eigenvalue weighted by Crippen LogP contribution is 2.20. The summed E-state index contributed by atoms with van der Waals surface area (Å²) in [6, 6.07) is 8.73. The average Bonchev–Trinajstić information content (AvgIpc) is 2.84. The summed E-state index contributed by atoms with van der Waals surface area (Å²) in [5.41, 5.74) is 1.28. The van der Waals surface area contributed by atoms with Gasteiger partial charge in [-0.25, -0.2) is 4.98 Å². The lowest BCUT2D eigenvalue weighted by atomic mass is 10.0. The van der Waals surface area contributed by atoms with Crippen molar-refractivity contribution >= 4 is 15.9 Å². The molecule has 18 heavy (non-hydrogen) atoms. The van der Waals surface area contributed by atoms with Gasteiger partial charge in [0.2, 0.25) is 0 Å². The third kappa shape index (κ3) is 3.00. The molecule has 1 N–H and O–H groups in total. The third-order valence-corrected chi connectivity index (χ3v) is 3.68. The Kier molecular flexibility index (Phi) is 4.55. The normalized spacial score (nSPS) is 12.6. The number of rotatable bonds is 5. The van der Waals surface area contributed by atoms with E-state index in [1.807, 2.05) is 19.4 Å². The standard InChI is InChI=1S/C14H18BrN3/c1-3-18-9-8-17-14(18)10-13(16-2)11-4-6-12(15)7-5-11/h4-9,13,16H,3,10H2,1-2H3. The van der Waals surface area contributed by atoms with Gasteiger partial charge in [-0.3, -0.25) is 0 Å². The quantitative estimate of drug-likeness (QED) is 0.919. The number of aryl methyl sites for hydroxylation is 1. The predicted molar refractivity (Wildman–Crippen MR) is 77.5 cm³/mol. The van der Waals surface area contributed by atoms with Gasteiger partial charge in [-0.1, -0.05) is 28.1 Å². The van der Waals surface area contributed by atoms with E-state index in [-0.39, 0.29) is 0 Å². The summed E-state index contributed by atoms with van der Waals surface area (Å²) in [6.07, 6.45) is 4.80. The van der Waals surface area contributed by atoms with Crippen LogP contribution >= 0.6 is 15.9 Å². The Bertz CT molecular complexity index is 490. The molecule has 0 fully saturated rings. The molecular formula is C14H18BrN3. The Morgan fingerprint density at radius 2 is 2.06 bits per heavy atom. The Hall–Kier alpha value is -1.13. The van der Waals surface area contributed by atoms with E-state index in [9.17, 15) is 0 Å². The zero-order valence-electron chi connectivity index (χ0n) is 10.7. The molecule has 1 aromatic heterocycles.